The molecule has 1 amide bonds. The van der Waals surface area contributed by atoms with Crippen LogP contribution in [0.2, 0.25) is 0 Å². The van der Waals surface area contributed by atoms with E-state index in [4.69, 9.17) is 0 Å². The van der Waals surface area contributed by atoms with E-state index < -0.39 is 66.7 Å². The van der Waals surface area contributed by atoms with Gasteiger partial charge in [0.2, 0.25) is 0 Å². The summed E-state index contributed by atoms with van der Waals surface area (Å²) < 4.78 is 123. The molecule has 174 valence electrons. The third-order valence-electron chi connectivity index (χ3n) is 3.44. The van der Waals surface area contributed by atoms with Gasteiger partial charge in [0.05, 0.1) is 6.42 Å². The predicted octanol–water partition coefficient (Wildman–Crippen LogP) is 0.388. The lowest BCUT2D eigenvalue weighted by Crippen LogP contribution is -2.70. The molecular formula is C12H10F9NO8. The summed E-state index contributed by atoms with van der Waals surface area (Å²) in [6.07, 6.45) is -21.8. The zero-order chi connectivity index (χ0) is 23.9. The van der Waals surface area contributed by atoms with Gasteiger partial charge in [-0.25, -0.2) is 9.59 Å². The molecule has 1 heterocycles. The number of hydrogen-bond acceptors (Lipinski definition) is 8. The van der Waals surface area contributed by atoms with Crippen LogP contribution >= 0.6 is 0 Å². The lowest BCUT2D eigenvalue weighted by atomic mass is 9.93. The largest absolute Gasteiger partial charge is 0.491 e. The molecule has 0 aromatic heterocycles. The van der Waals surface area contributed by atoms with E-state index in [9.17, 15) is 64.1 Å². The van der Waals surface area contributed by atoms with Crippen LogP contribution in [-0.2, 0) is 28.6 Å². The fraction of sp³-hybridized carbons (Fsp3) is 0.750. The molecule has 30 heavy (non-hydrogen) atoms. The van der Waals surface area contributed by atoms with Gasteiger partial charge in [0, 0.05) is 0 Å². The smallest absolute Gasteiger partial charge is 0.421 e. The normalized spacial score (nSPS) is 30.4. The number of ether oxygens (including phenoxy) is 3. The van der Waals surface area contributed by atoms with Gasteiger partial charge in [-0.3, -0.25) is 4.79 Å². The fourth-order valence-corrected chi connectivity index (χ4v) is 2.12. The number of amides is 1. The van der Waals surface area contributed by atoms with Crippen molar-refractivity contribution in [2.75, 3.05) is 0 Å². The van der Waals surface area contributed by atoms with E-state index in [1.165, 1.54) is 0 Å². The van der Waals surface area contributed by atoms with E-state index in [1.807, 2.05) is 0 Å². The summed E-state index contributed by atoms with van der Waals surface area (Å²) in [5.41, 5.74) is 0. The van der Waals surface area contributed by atoms with Crippen LogP contribution < -0.4 is 5.32 Å². The highest BCUT2D eigenvalue weighted by atomic mass is 19.4. The van der Waals surface area contributed by atoms with Crippen molar-refractivity contribution in [3.8, 4) is 0 Å². The van der Waals surface area contributed by atoms with Gasteiger partial charge in [0.15, 0.2) is 0 Å². The first kappa shape index (κ1) is 25.7. The molecule has 0 saturated carbocycles. The molecule has 1 aliphatic rings. The third-order valence-corrected chi connectivity index (χ3v) is 3.44. The van der Waals surface area contributed by atoms with Gasteiger partial charge in [0.1, 0.15) is 12.1 Å². The first-order chi connectivity index (χ1) is 13.1. The number of rotatable bonds is 3. The summed E-state index contributed by atoms with van der Waals surface area (Å²) >= 11 is 0. The van der Waals surface area contributed by atoms with Gasteiger partial charge in [-0.2, -0.15) is 39.5 Å². The molecule has 0 unspecified atom stereocenters. The van der Waals surface area contributed by atoms with Gasteiger partial charge in [0.25, 0.3) is 5.79 Å². The molecule has 1 fully saturated rings. The molecule has 4 atom stereocenters. The van der Waals surface area contributed by atoms with Crippen LogP contribution in [0.4, 0.5) is 39.5 Å². The van der Waals surface area contributed by atoms with E-state index in [0.717, 1.165) is 5.32 Å². The van der Waals surface area contributed by atoms with Gasteiger partial charge in [-0.05, 0) is 6.92 Å². The van der Waals surface area contributed by atoms with Crippen molar-refractivity contribution >= 4 is 17.8 Å². The third kappa shape index (κ3) is 5.85. The average Bonchev–Trinajstić information content (AvgIpc) is 2.49. The highest BCUT2D eigenvalue weighted by Gasteiger charge is 2.62. The monoisotopic (exact) mass is 467 g/mol. The Morgan fingerprint density at radius 2 is 1.33 bits per heavy atom. The molecule has 0 spiro atoms. The predicted molar refractivity (Wildman–Crippen MR) is 67.3 cm³/mol. The van der Waals surface area contributed by atoms with E-state index in [1.54, 1.807) is 0 Å². The number of alkyl halides is 9. The Morgan fingerprint density at radius 1 is 0.900 bits per heavy atom. The summed E-state index contributed by atoms with van der Waals surface area (Å²) in [6.45, 7) is 0.419. The lowest BCUT2D eigenvalue weighted by molar-refractivity contribution is -0.430. The Labute approximate surface area is 158 Å². The molecule has 3 N–H and O–H groups in total. The molecule has 0 aromatic carbocycles. The maximum absolute atomic E-state index is 12.5. The summed E-state index contributed by atoms with van der Waals surface area (Å²) in [5, 5.41) is 20.8. The second-order valence-corrected chi connectivity index (χ2v) is 5.73. The molecule has 0 aromatic rings. The number of nitrogens with one attached hydrogen (secondary N) is 1. The van der Waals surface area contributed by atoms with E-state index in [0.29, 0.717) is 6.92 Å². The van der Waals surface area contributed by atoms with Crippen LogP contribution in [0.3, 0.4) is 0 Å². The van der Waals surface area contributed by atoms with Crippen molar-refractivity contribution in [2.45, 2.75) is 55.8 Å². The molecular weight excluding hydrogens is 457 g/mol. The fourth-order valence-electron chi connectivity index (χ4n) is 2.12. The zero-order valence-corrected chi connectivity index (χ0v) is 14.1. The highest BCUT2D eigenvalue weighted by Crippen LogP contribution is 2.38. The maximum atomic E-state index is 12.5. The average molecular weight is 467 g/mol. The van der Waals surface area contributed by atoms with Gasteiger partial charge < -0.3 is 29.7 Å². The minimum Gasteiger partial charge on any atom is -0.421 e. The SMILES string of the molecule is C[C@H]1O[C@@](O)(OC(=O)C(F)(F)F)C[C@H](NC(=O)C(F)(F)F)[C@]1(O)OC(=O)C(F)(F)F. The number of hydrogen-bond donors (Lipinski definition) is 3. The Bertz CT molecular complexity index is 705. The quantitative estimate of drug-likeness (QED) is 0.309. The van der Waals surface area contributed by atoms with E-state index in [2.05, 4.69) is 14.2 Å². The van der Waals surface area contributed by atoms with Crippen LogP contribution in [-0.4, -0.2) is 70.5 Å². The molecule has 9 nitrogen and oxygen atoms in total. The van der Waals surface area contributed by atoms with Crippen LogP contribution in [0.5, 0.6) is 0 Å². The Morgan fingerprint density at radius 3 is 1.73 bits per heavy atom. The summed E-state index contributed by atoms with van der Waals surface area (Å²) in [4.78, 5) is 32.9. The zero-order valence-electron chi connectivity index (χ0n) is 14.1. The van der Waals surface area contributed by atoms with Crippen molar-refractivity contribution in [3.05, 3.63) is 0 Å². The van der Waals surface area contributed by atoms with Crippen LogP contribution in [0.25, 0.3) is 0 Å². The van der Waals surface area contributed by atoms with Gasteiger partial charge >= 0.3 is 42.3 Å². The lowest BCUT2D eigenvalue weighted by Gasteiger charge is -2.47. The topological polar surface area (TPSA) is 131 Å². The summed E-state index contributed by atoms with van der Waals surface area (Å²) in [7, 11) is 0. The molecule has 0 aliphatic carbocycles. The Kier molecular flexibility index (Phi) is 6.62. The number of halogens is 9. The molecule has 1 aliphatic heterocycles. The van der Waals surface area contributed by atoms with Crippen molar-refractivity contribution in [2.24, 2.45) is 0 Å². The van der Waals surface area contributed by atoms with Crippen molar-refractivity contribution in [1.29, 1.82) is 0 Å². The summed E-state index contributed by atoms with van der Waals surface area (Å²) in [6, 6.07) is -2.90. The van der Waals surface area contributed by atoms with E-state index >= 15 is 0 Å². The molecule has 1 saturated heterocycles. The number of esters is 2. The maximum Gasteiger partial charge on any atom is 0.491 e. The van der Waals surface area contributed by atoms with Gasteiger partial charge in [-0.15, -0.1) is 0 Å². The van der Waals surface area contributed by atoms with Crippen molar-refractivity contribution in [3.63, 3.8) is 0 Å². The van der Waals surface area contributed by atoms with Gasteiger partial charge in [-0.1, -0.05) is 0 Å². The second-order valence-electron chi connectivity index (χ2n) is 5.73. The van der Waals surface area contributed by atoms with Crippen LogP contribution in [0, 0.1) is 0 Å². The van der Waals surface area contributed by atoms with E-state index in [-0.39, 0.29) is 0 Å². The summed E-state index contributed by atoms with van der Waals surface area (Å²) in [5.74, 6) is -16.9. The first-order valence-electron chi connectivity index (χ1n) is 7.22. The Balaban J connectivity index is 3.31. The second kappa shape index (κ2) is 7.73. The Hall–Kier alpha value is -2.34. The molecule has 0 radical (unpaired) electrons. The minimum atomic E-state index is -5.81. The first-order valence-corrected chi connectivity index (χ1v) is 7.22. The van der Waals surface area contributed by atoms with Crippen molar-refractivity contribution in [1.82, 2.24) is 5.32 Å². The number of aliphatic hydroxyl groups is 2. The van der Waals surface area contributed by atoms with Crippen LogP contribution in [0.1, 0.15) is 13.3 Å². The minimum absolute atomic E-state index is 0.419. The number of carbonyl (C=O) groups is 3. The highest BCUT2D eigenvalue weighted by molar-refractivity contribution is 5.82. The standard InChI is InChI=1S/C12H10F9NO8/c1-3-9(27,30-7(25)12(19,20)21)4(22-5(23)10(13,14)15)2-8(26,28-3)29-6(24)11(16,17)18/h3-4,26-27H,2H2,1H3,(H,22,23)/t3-,4+,8-,9-/m1/s1. The molecule has 18 heteroatoms. The molecule has 0 bridgehead atoms. The molecule has 1 rings (SSSR count). The van der Waals surface area contributed by atoms with Crippen molar-refractivity contribution < 1.29 is 78.3 Å². The number of carbonyl (C=O) groups excluding carboxylic acids is 3. The van der Waals surface area contributed by atoms with Crippen LogP contribution in [0.15, 0.2) is 0 Å².